The minimum absolute atomic E-state index is 0.375. The lowest BCUT2D eigenvalue weighted by molar-refractivity contribution is 0.0595. The summed E-state index contributed by atoms with van der Waals surface area (Å²) in [5, 5.41) is 14.3. The van der Waals surface area contributed by atoms with Crippen LogP contribution in [0.3, 0.4) is 0 Å². The molecule has 0 bridgehead atoms. The van der Waals surface area contributed by atoms with Crippen molar-refractivity contribution < 1.29 is 5.11 Å². The minimum Gasteiger partial charge on any atom is -0.390 e. The maximum Gasteiger partial charge on any atom is 0.122 e. The van der Waals surface area contributed by atoms with Gasteiger partial charge < -0.3 is 9.67 Å². The van der Waals surface area contributed by atoms with Crippen LogP contribution in [0.2, 0.25) is 0 Å². The number of aryl methyl sites for hydroxylation is 1. The van der Waals surface area contributed by atoms with Crippen molar-refractivity contribution in [2.75, 3.05) is 32.7 Å². The molecule has 0 amide bonds. The molecular formula is C16H26N6O. The van der Waals surface area contributed by atoms with E-state index in [1.807, 2.05) is 24.7 Å². The third kappa shape index (κ3) is 4.40. The number of rotatable bonds is 7. The Kier molecular flexibility index (Phi) is 5.43. The van der Waals surface area contributed by atoms with Crippen LogP contribution >= 0.6 is 0 Å². The molecule has 126 valence electrons. The molecule has 0 aliphatic carbocycles. The number of nitrogens with zero attached hydrogens (tertiary/aromatic N) is 6. The second-order valence-electron chi connectivity index (χ2n) is 6.09. The summed E-state index contributed by atoms with van der Waals surface area (Å²) in [6.07, 6.45) is 7.17. The molecule has 3 heterocycles. The summed E-state index contributed by atoms with van der Waals surface area (Å²) in [7, 11) is 0. The van der Waals surface area contributed by atoms with Gasteiger partial charge in [0.15, 0.2) is 0 Å². The normalized spacial score (nSPS) is 18.3. The number of piperazine rings is 1. The van der Waals surface area contributed by atoms with Crippen molar-refractivity contribution in [2.45, 2.75) is 32.7 Å². The van der Waals surface area contributed by atoms with Crippen LogP contribution in [-0.2, 0) is 19.6 Å². The Balaban J connectivity index is 1.41. The molecule has 3 rings (SSSR count). The Labute approximate surface area is 137 Å². The second-order valence-corrected chi connectivity index (χ2v) is 6.09. The largest absolute Gasteiger partial charge is 0.390 e. The monoisotopic (exact) mass is 318 g/mol. The number of aliphatic hydroxyl groups is 1. The van der Waals surface area contributed by atoms with Gasteiger partial charge >= 0.3 is 0 Å². The van der Waals surface area contributed by atoms with Crippen molar-refractivity contribution in [1.29, 1.82) is 0 Å². The van der Waals surface area contributed by atoms with Gasteiger partial charge in [0.2, 0.25) is 0 Å². The van der Waals surface area contributed by atoms with Gasteiger partial charge in [0, 0.05) is 64.1 Å². The summed E-state index contributed by atoms with van der Waals surface area (Å²) in [4.78, 5) is 9.21. The van der Waals surface area contributed by atoms with E-state index in [4.69, 9.17) is 0 Å². The van der Waals surface area contributed by atoms with E-state index in [0.29, 0.717) is 13.1 Å². The maximum absolute atomic E-state index is 10.2. The summed E-state index contributed by atoms with van der Waals surface area (Å²) in [5.41, 5.74) is 0. The van der Waals surface area contributed by atoms with Crippen molar-refractivity contribution in [3.8, 4) is 0 Å². The Morgan fingerprint density at radius 1 is 1.09 bits per heavy atom. The Morgan fingerprint density at radius 3 is 2.57 bits per heavy atom. The first-order valence-electron chi connectivity index (χ1n) is 8.35. The summed E-state index contributed by atoms with van der Waals surface area (Å²) in [5.74, 6) is 1.14. The van der Waals surface area contributed by atoms with E-state index in [1.165, 1.54) is 0 Å². The molecule has 0 radical (unpaired) electrons. The van der Waals surface area contributed by atoms with Gasteiger partial charge in [-0.2, -0.15) is 5.10 Å². The molecule has 1 saturated heterocycles. The van der Waals surface area contributed by atoms with Crippen molar-refractivity contribution in [1.82, 2.24) is 29.1 Å². The van der Waals surface area contributed by atoms with Gasteiger partial charge in [-0.3, -0.25) is 14.5 Å². The molecule has 1 aliphatic rings. The molecule has 1 N–H and O–H groups in total. The highest BCUT2D eigenvalue weighted by Gasteiger charge is 2.20. The van der Waals surface area contributed by atoms with Crippen LogP contribution in [0.25, 0.3) is 0 Å². The lowest BCUT2D eigenvalue weighted by Gasteiger charge is -2.35. The van der Waals surface area contributed by atoms with Crippen LogP contribution in [-0.4, -0.2) is 73.1 Å². The fourth-order valence-corrected chi connectivity index (χ4v) is 3.09. The van der Waals surface area contributed by atoms with Crippen LogP contribution in [0.5, 0.6) is 0 Å². The second kappa shape index (κ2) is 7.72. The topological polar surface area (TPSA) is 62.4 Å². The molecule has 2 aromatic heterocycles. The fraction of sp³-hybridized carbons (Fsp3) is 0.625. The molecule has 1 unspecified atom stereocenters. The zero-order valence-electron chi connectivity index (χ0n) is 13.8. The van der Waals surface area contributed by atoms with Gasteiger partial charge in [-0.15, -0.1) is 0 Å². The van der Waals surface area contributed by atoms with E-state index in [9.17, 15) is 5.11 Å². The Bertz CT molecular complexity index is 573. The van der Waals surface area contributed by atoms with E-state index in [2.05, 4.69) is 31.4 Å². The summed E-state index contributed by atoms with van der Waals surface area (Å²) >= 11 is 0. The molecule has 1 atom stereocenters. The Morgan fingerprint density at radius 2 is 1.87 bits per heavy atom. The molecule has 2 aromatic rings. The molecule has 0 aromatic carbocycles. The highest BCUT2D eigenvalue weighted by Crippen LogP contribution is 2.08. The van der Waals surface area contributed by atoms with E-state index in [-0.39, 0.29) is 6.10 Å². The first kappa shape index (κ1) is 16.2. The average molecular weight is 318 g/mol. The first-order chi connectivity index (χ1) is 11.2. The van der Waals surface area contributed by atoms with Gasteiger partial charge in [0.05, 0.1) is 19.2 Å². The first-order valence-corrected chi connectivity index (χ1v) is 8.35. The summed E-state index contributed by atoms with van der Waals surface area (Å²) in [6.45, 7) is 9.30. The van der Waals surface area contributed by atoms with E-state index >= 15 is 0 Å². The van der Waals surface area contributed by atoms with Gasteiger partial charge in [0.25, 0.3) is 0 Å². The molecule has 0 spiro atoms. The summed E-state index contributed by atoms with van der Waals surface area (Å²) in [6, 6.07) is 1.88. The smallest absolute Gasteiger partial charge is 0.122 e. The quantitative estimate of drug-likeness (QED) is 0.794. The van der Waals surface area contributed by atoms with Crippen molar-refractivity contribution in [3.05, 3.63) is 36.7 Å². The van der Waals surface area contributed by atoms with Crippen molar-refractivity contribution >= 4 is 0 Å². The van der Waals surface area contributed by atoms with Crippen molar-refractivity contribution in [2.24, 2.45) is 0 Å². The van der Waals surface area contributed by atoms with Gasteiger partial charge in [-0.25, -0.2) is 4.98 Å². The SMILES string of the molecule is CCn1ccnc1CN1CCN(CC(O)Cn2cccn2)CC1. The third-order valence-electron chi connectivity index (χ3n) is 4.40. The summed E-state index contributed by atoms with van der Waals surface area (Å²) < 4.78 is 3.98. The zero-order chi connectivity index (χ0) is 16.1. The van der Waals surface area contributed by atoms with Crippen LogP contribution in [0.1, 0.15) is 12.7 Å². The lowest BCUT2D eigenvalue weighted by Crippen LogP contribution is -2.48. The number of hydrogen-bond donors (Lipinski definition) is 1. The molecule has 1 fully saturated rings. The molecule has 0 saturated carbocycles. The van der Waals surface area contributed by atoms with Gasteiger partial charge in [-0.1, -0.05) is 0 Å². The Hall–Kier alpha value is -1.70. The van der Waals surface area contributed by atoms with Crippen molar-refractivity contribution in [3.63, 3.8) is 0 Å². The minimum atomic E-state index is -0.375. The number of hydrogen-bond acceptors (Lipinski definition) is 5. The third-order valence-corrected chi connectivity index (χ3v) is 4.40. The lowest BCUT2D eigenvalue weighted by atomic mass is 10.2. The molecule has 7 nitrogen and oxygen atoms in total. The molecular weight excluding hydrogens is 292 g/mol. The van der Waals surface area contributed by atoms with E-state index in [0.717, 1.165) is 45.1 Å². The van der Waals surface area contributed by atoms with Gasteiger partial charge in [0.1, 0.15) is 5.82 Å². The molecule has 1 aliphatic heterocycles. The molecule has 7 heteroatoms. The predicted octanol–water partition coefficient (Wildman–Crippen LogP) is 0.278. The predicted molar refractivity (Wildman–Crippen MR) is 87.9 cm³/mol. The fourth-order valence-electron chi connectivity index (χ4n) is 3.09. The standard InChI is InChI=1S/C16H26N6O/c1-2-21-7-5-17-16(21)14-20-10-8-19(9-11-20)12-15(23)13-22-6-3-4-18-22/h3-7,15,23H,2,8-14H2,1H3. The highest BCUT2D eigenvalue weighted by atomic mass is 16.3. The number of imidazole rings is 1. The molecule has 23 heavy (non-hydrogen) atoms. The van der Waals surface area contributed by atoms with E-state index in [1.54, 1.807) is 10.9 Å². The average Bonchev–Trinajstić information content (AvgIpc) is 3.20. The number of aromatic nitrogens is 4. The highest BCUT2D eigenvalue weighted by molar-refractivity contribution is 4.93. The van der Waals surface area contributed by atoms with Crippen LogP contribution in [0.4, 0.5) is 0 Å². The maximum atomic E-state index is 10.2. The number of β-amino-alcohol motifs (C(OH)–C–C–N with tert-alkyl or cyclic N) is 1. The van der Waals surface area contributed by atoms with E-state index < -0.39 is 0 Å². The van der Waals surface area contributed by atoms with Crippen LogP contribution in [0, 0.1) is 0 Å². The van der Waals surface area contributed by atoms with Crippen LogP contribution in [0.15, 0.2) is 30.9 Å². The zero-order valence-corrected chi connectivity index (χ0v) is 13.8. The van der Waals surface area contributed by atoms with Gasteiger partial charge in [-0.05, 0) is 13.0 Å². The number of aliphatic hydroxyl groups excluding tert-OH is 1. The van der Waals surface area contributed by atoms with Crippen LogP contribution < -0.4 is 0 Å².